The van der Waals surface area contributed by atoms with Crippen molar-refractivity contribution in [1.29, 1.82) is 0 Å². The predicted octanol–water partition coefficient (Wildman–Crippen LogP) is 0.0903. The average molecular weight is 421 g/mol. The van der Waals surface area contributed by atoms with Gasteiger partial charge in [-0.1, -0.05) is 23.0 Å². The zero-order valence-electron chi connectivity index (χ0n) is 15.8. The molecule has 10 nitrogen and oxygen atoms in total. The van der Waals surface area contributed by atoms with Crippen LogP contribution in [0.3, 0.4) is 0 Å². The van der Waals surface area contributed by atoms with E-state index in [2.05, 4.69) is 20.6 Å². The van der Waals surface area contributed by atoms with Crippen molar-refractivity contribution in [2.45, 2.75) is 49.9 Å². The van der Waals surface area contributed by atoms with Crippen LogP contribution < -0.4 is 10.1 Å². The molecule has 3 heterocycles. The third-order valence-electron chi connectivity index (χ3n) is 4.68. The van der Waals surface area contributed by atoms with E-state index < -0.39 is 24.4 Å². The van der Waals surface area contributed by atoms with Crippen LogP contribution >= 0.6 is 11.8 Å². The molecule has 1 aromatic heterocycles. The Balaban J connectivity index is 1.36. The van der Waals surface area contributed by atoms with Gasteiger partial charge in [-0.2, -0.15) is 0 Å². The molecule has 156 valence electrons. The summed E-state index contributed by atoms with van der Waals surface area (Å²) in [5, 5.41) is 42.3. The van der Waals surface area contributed by atoms with Crippen LogP contribution in [0.2, 0.25) is 0 Å². The number of nitrogens with one attached hydrogen (secondary N) is 1. The van der Waals surface area contributed by atoms with Crippen LogP contribution in [0, 0.1) is 0 Å². The minimum atomic E-state index is -1.07. The van der Waals surface area contributed by atoms with Crippen LogP contribution in [0.4, 0.5) is 0 Å². The molecule has 5 unspecified atom stereocenters. The third kappa shape index (κ3) is 4.47. The summed E-state index contributed by atoms with van der Waals surface area (Å²) >= 11 is 1.41. The highest BCUT2D eigenvalue weighted by Gasteiger charge is 2.49. The lowest BCUT2D eigenvalue weighted by molar-refractivity contribution is -0.160. The Bertz CT molecular complexity index is 878. The highest BCUT2D eigenvalue weighted by atomic mass is 32.2. The Morgan fingerprint density at radius 1 is 1.34 bits per heavy atom. The maximum absolute atomic E-state index is 10.5. The molecule has 1 aromatic carbocycles. The number of aromatic nitrogens is 3. The van der Waals surface area contributed by atoms with E-state index in [9.17, 15) is 15.3 Å². The number of phenolic OH excluding ortho intramolecular Hbond substituents is 1. The first-order valence-corrected chi connectivity index (χ1v) is 10.2. The fraction of sp³-hybridized carbons (Fsp3) is 0.500. The molecule has 0 spiro atoms. The number of ether oxygens (including phenoxy) is 2. The molecule has 0 radical (unpaired) electrons. The number of aliphatic hydroxyl groups is 2. The van der Waals surface area contributed by atoms with Gasteiger partial charge in [0.15, 0.2) is 5.17 Å². The smallest absolute Gasteiger partial charge is 0.159 e. The van der Waals surface area contributed by atoms with E-state index in [1.807, 2.05) is 6.92 Å². The molecule has 4 N–H and O–H groups in total. The molecule has 29 heavy (non-hydrogen) atoms. The average Bonchev–Trinajstić information content (AvgIpc) is 3.31. The zero-order chi connectivity index (χ0) is 20.4. The number of nitrogens with zero attached hydrogens (tertiary/aromatic N) is 4. The summed E-state index contributed by atoms with van der Waals surface area (Å²) < 4.78 is 13.1. The maximum Gasteiger partial charge on any atom is 0.159 e. The largest absolute Gasteiger partial charge is 0.508 e. The molecular formula is C18H23N5O5S. The molecule has 2 fully saturated rings. The number of phenols is 1. The van der Waals surface area contributed by atoms with E-state index >= 15 is 0 Å². The van der Waals surface area contributed by atoms with Gasteiger partial charge in [-0.3, -0.25) is 4.99 Å². The zero-order valence-corrected chi connectivity index (χ0v) is 16.6. The second-order valence-corrected chi connectivity index (χ2v) is 7.90. The van der Waals surface area contributed by atoms with Gasteiger partial charge in [-0.05, 0) is 19.1 Å². The first-order valence-electron chi connectivity index (χ1n) is 9.33. The number of amidine groups is 1. The molecule has 11 heteroatoms. The van der Waals surface area contributed by atoms with Gasteiger partial charge in [0.25, 0.3) is 0 Å². The van der Waals surface area contributed by atoms with Gasteiger partial charge in [0.05, 0.1) is 18.8 Å². The molecule has 5 atom stereocenters. The number of aliphatic imine (C=N–C) groups is 1. The molecule has 2 aliphatic heterocycles. The summed E-state index contributed by atoms with van der Waals surface area (Å²) in [7, 11) is 0. The molecule has 0 aliphatic carbocycles. The lowest BCUT2D eigenvalue weighted by Gasteiger charge is -2.38. The van der Waals surface area contributed by atoms with E-state index in [1.165, 1.54) is 17.8 Å². The van der Waals surface area contributed by atoms with Crippen molar-refractivity contribution in [3.8, 4) is 11.5 Å². The number of thioether (sulfide) groups is 1. The van der Waals surface area contributed by atoms with E-state index in [-0.39, 0.29) is 24.3 Å². The Labute approximate surface area is 171 Å². The minimum Gasteiger partial charge on any atom is -0.508 e. The lowest BCUT2D eigenvalue weighted by Crippen LogP contribution is -2.59. The standard InChI is InChI=1S/C18H23N5O5S/c1-2-19-18-20-14-16(26)15(25)13(28-17(14)29-18)8-23-7-10(21-22-23)9-27-12-5-3-4-11(24)6-12/h3-7,13-17,24-26H,2,8-9H2,1H3,(H,19,20). The van der Waals surface area contributed by atoms with Gasteiger partial charge in [-0.15, -0.1) is 5.10 Å². The van der Waals surface area contributed by atoms with Crippen molar-refractivity contribution >= 4 is 16.9 Å². The normalized spacial score (nSPS) is 30.2. The highest BCUT2D eigenvalue weighted by Crippen LogP contribution is 2.34. The van der Waals surface area contributed by atoms with Crippen LogP contribution in [0.25, 0.3) is 0 Å². The van der Waals surface area contributed by atoms with Gasteiger partial charge in [0.1, 0.15) is 47.5 Å². The summed E-state index contributed by atoms with van der Waals surface area (Å²) in [6.07, 6.45) is -0.987. The number of fused-ring (bicyclic) bond motifs is 1. The molecule has 0 bridgehead atoms. The first-order chi connectivity index (χ1) is 14.0. The van der Waals surface area contributed by atoms with Crippen LogP contribution in [-0.4, -0.2) is 71.8 Å². The van der Waals surface area contributed by atoms with E-state index in [4.69, 9.17) is 9.47 Å². The second-order valence-electron chi connectivity index (χ2n) is 6.81. The van der Waals surface area contributed by atoms with Gasteiger partial charge in [0.2, 0.25) is 0 Å². The molecule has 2 aliphatic rings. The molecule has 2 saturated heterocycles. The van der Waals surface area contributed by atoms with Gasteiger partial charge >= 0.3 is 0 Å². The third-order valence-corrected chi connectivity index (χ3v) is 5.78. The summed E-state index contributed by atoms with van der Waals surface area (Å²) in [5.74, 6) is 0.646. The minimum absolute atomic E-state index is 0.123. The lowest BCUT2D eigenvalue weighted by atomic mass is 9.98. The number of rotatable bonds is 6. The molecule has 4 rings (SSSR count). The molecule has 0 amide bonds. The number of benzene rings is 1. The highest BCUT2D eigenvalue weighted by molar-refractivity contribution is 8.14. The quantitative estimate of drug-likeness (QED) is 0.512. The van der Waals surface area contributed by atoms with E-state index in [0.717, 1.165) is 0 Å². The van der Waals surface area contributed by atoms with Crippen LogP contribution in [0.1, 0.15) is 12.6 Å². The number of aliphatic hydroxyl groups excluding tert-OH is 2. The van der Waals surface area contributed by atoms with Crippen molar-refractivity contribution in [3.63, 3.8) is 0 Å². The fourth-order valence-corrected chi connectivity index (χ4v) is 4.46. The SMILES string of the molecule is CCN=C1NC2C(OC(Cn3cc(COc4cccc(O)c4)nn3)C(O)C2O)S1. The Morgan fingerprint density at radius 3 is 3.00 bits per heavy atom. The number of hydrogen-bond acceptors (Lipinski definition) is 9. The Kier molecular flexibility index (Phi) is 5.90. The summed E-state index contributed by atoms with van der Waals surface area (Å²) in [4.78, 5) is 4.31. The number of aromatic hydroxyl groups is 1. The fourth-order valence-electron chi connectivity index (χ4n) is 3.26. The second kappa shape index (κ2) is 8.57. The Morgan fingerprint density at radius 2 is 2.21 bits per heavy atom. The van der Waals surface area contributed by atoms with Crippen molar-refractivity contribution in [1.82, 2.24) is 20.3 Å². The van der Waals surface area contributed by atoms with Crippen molar-refractivity contribution in [3.05, 3.63) is 36.2 Å². The predicted molar refractivity (Wildman–Crippen MR) is 106 cm³/mol. The molecule has 2 aromatic rings. The van der Waals surface area contributed by atoms with Gasteiger partial charge < -0.3 is 30.1 Å². The van der Waals surface area contributed by atoms with Crippen LogP contribution in [0.15, 0.2) is 35.5 Å². The number of hydrogen-bond donors (Lipinski definition) is 4. The van der Waals surface area contributed by atoms with Gasteiger partial charge in [0, 0.05) is 12.6 Å². The van der Waals surface area contributed by atoms with E-state index in [1.54, 1.807) is 29.1 Å². The topological polar surface area (TPSA) is 134 Å². The van der Waals surface area contributed by atoms with Gasteiger partial charge in [-0.25, -0.2) is 4.68 Å². The van der Waals surface area contributed by atoms with Crippen molar-refractivity contribution < 1.29 is 24.8 Å². The molecule has 0 saturated carbocycles. The first kappa shape index (κ1) is 20.0. The Hall–Kier alpha value is -2.34. The van der Waals surface area contributed by atoms with E-state index in [0.29, 0.717) is 23.2 Å². The van der Waals surface area contributed by atoms with Crippen LogP contribution in [-0.2, 0) is 17.9 Å². The van der Waals surface area contributed by atoms with Crippen molar-refractivity contribution in [2.24, 2.45) is 4.99 Å². The summed E-state index contributed by atoms with van der Waals surface area (Å²) in [5.41, 5.74) is 0.257. The summed E-state index contributed by atoms with van der Waals surface area (Å²) in [6.45, 7) is 2.98. The molecular weight excluding hydrogens is 398 g/mol. The van der Waals surface area contributed by atoms with Crippen molar-refractivity contribution in [2.75, 3.05) is 6.54 Å². The maximum atomic E-state index is 10.5. The monoisotopic (exact) mass is 421 g/mol. The summed E-state index contributed by atoms with van der Waals surface area (Å²) in [6, 6.07) is 6.09. The van der Waals surface area contributed by atoms with Crippen LogP contribution in [0.5, 0.6) is 11.5 Å².